The van der Waals surface area contributed by atoms with Crippen LogP contribution in [0.5, 0.6) is 0 Å². The number of carbonyl (C=O) groups is 2. The zero-order valence-corrected chi connectivity index (χ0v) is 12.9. The van der Waals surface area contributed by atoms with Crippen LogP contribution in [-0.2, 0) is 9.53 Å². The van der Waals surface area contributed by atoms with Gasteiger partial charge in [-0.3, -0.25) is 4.79 Å². The molecule has 0 spiro atoms. The Morgan fingerprint density at radius 1 is 1.43 bits per heavy atom. The second-order valence-corrected chi connectivity index (χ2v) is 6.18. The highest BCUT2D eigenvalue weighted by Gasteiger charge is 2.23. The summed E-state index contributed by atoms with van der Waals surface area (Å²) in [5.41, 5.74) is 0.769. The number of carboxylic acids is 1. The van der Waals surface area contributed by atoms with E-state index in [-0.39, 0.29) is 19.1 Å². The third-order valence-electron chi connectivity index (χ3n) is 3.48. The highest BCUT2D eigenvalue weighted by molar-refractivity contribution is 7.13. The van der Waals surface area contributed by atoms with Crippen molar-refractivity contribution in [2.24, 2.45) is 0 Å². The molecule has 2 N–H and O–H groups in total. The molecule has 1 fully saturated rings. The summed E-state index contributed by atoms with van der Waals surface area (Å²) < 4.78 is 4.87. The van der Waals surface area contributed by atoms with Crippen molar-refractivity contribution in [2.75, 3.05) is 19.8 Å². The van der Waals surface area contributed by atoms with Crippen LogP contribution in [0, 0.1) is 6.92 Å². The third-order valence-corrected chi connectivity index (χ3v) is 4.80. The molecule has 1 aromatic heterocycles. The molecule has 1 heterocycles. The minimum Gasteiger partial charge on any atom is -0.480 e. The number of thiazole rings is 1. The number of hydrogen-bond acceptors (Lipinski definition) is 5. The molecule has 0 aromatic carbocycles. The molecule has 2 rings (SSSR count). The van der Waals surface area contributed by atoms with Crippen LogP contribution in [0.3, 0.4) is 0 Å². The van der Waals surface area contributed by atoms with E-state index in [1.165, 1.54) is 24.2 Å². The van der Waals surface area contributed by atoms with Crippen molar-refractivity contribution < 1.29 is 19.4 Å². The molecule has 0 unspecified atom stereocenters. The minimum absolute atomic E-state index is 0.159. The van der Waals surface area contributed by atoms with Gasteiger partial charge in [0, 0.05) is 12.5 Å². The van der Waals surface area contributed by atoms with Gasteiger partial charge < -0.3 is 15.2 Å². The van der Waals surface area contributed by atoms with Crippen LogP contribution in [-0.4, -0.2) is 41.7 Å². The van der Waals surface area contributed by atoms with E-state index in [2.05, 4.69) is 10.3 Å². The first-order valence-electron chi connectivity index (χ1n) is 7.13. The molecule has 1 aliphatic carbocycles. The Bertz CT molecular complexity index is 509. The summed E-state index contributed by atoms with van der Waals surface area (Å²) in [4.78, 5) is 27.5. The Kier molecular flexibility index (Phi) is 5.69. The van der Waals surface area contributed by atoms with Crippen molar-refractivity contribution in [2.45, 2.75) is 38.5 Å². The monoisotopic (exact) mass is 312 g/mol. The number of nitrogens with zero attached hydrogens (tertiary/aromatic N) is 1. The van der Waals surface area contributed by atoms with Gasteiger partial charge in [0.05, 0.1) is 17.3 Å². The molecule has 0 radical (unpaired) electrons. The van der Waals surface area contributed by atoms with Crippen molar-refractivity contribution in [3.8, 4) is 0 Å². The predicted octanol–water partition coefficient (Wildman–Crippen LogP) is 1.94. The number of nitrogens with one attached hydrogen (secondary N) is 1. The Morgan fingerprint density at radius 3 is 2.81 bits per heavy atom. The average Bonchev–Trinajstić information content (AvgIpc) is 3.06. The summed E-state index contributed by atoms with van der Waals surface area (Å²) in [6.07, 6.45) is 4.81. The normalized spacial score (nSPS) is 15.3. The lowest BCUT2D eigenvalue weighted by Gasteiger charge is -2.04. The van der Waals surface area contributed by atoms with Gasteiger partial charge in [-0.1, -0.05) is 12.8 Å². The van der Waals surface area contributed by atoms with Crippen LogP contribution in [0.25, 0.3) is 0 Å². The molecule has 7 heteroatoms. The van der Waals surface area contributed by atoms with Gasteiger partial charge in [0.2, 0.25) is 0 Å². The number of rotatable bonds is 7. The Morgan fingerprint density at radius 2 is 2.14 bits per heavy atom. The average molecular weight is 312 g/mol. The smallest absolute Gasteiger partial charge is 0.329 e. The van der Waals surface area contributed by atoms with Crippen LogP contribution in [0.2, 0.25) is 0 Å². The van der Waals surface area contributed by atoms with E-state index in [1.807, 2.05) is 6.92 Å². The quantitative estimate of drug-likeness (QED) is 0.751. The molecule has 0 aliphatic heterocycles. The number of carbonyl (C=O) groups excluding carboxylic acids is 1. The van der Waals surface area contributed by atoms with Crippen LogP contribution < -0.4 is 5.32 Å². The largest absolute Gasteiger partial charge is 0.480 e. The molecule has 0 atom stereocenters. The summed E-state index contributed by atoms with van der Waals surface area (Å²) in [5, 5.41) is 12.2. The molecule has 1 amide bonds. The maximum atomic E-state index is 12.1. The van der Waals surface area contributed by atoms with Crippen molar-refractivity contribution >= 4 is 23.2 Å². The molecule has 21 heavy (non-hydrogen) atoms. The predicted molar refractivity (Wildman–Crippen MR) is 78.8 cm³/mol. The van der Waals surface area contributed by atoms with Crippen molar-refractivity contribution in [3.05, 3.63) is 15.6 Å². The summed E-state index contributed by atoms with van der Waals surface area (Å²) in [5.74, 6) is -0.664. The van der Waals surface area contributed by atoms with Gasteiger partial charge in [0.1, 0.15) is 11.5 Å². The van der Waals surface area contributed by atoms with Gasteiger partial charge in [-0.05, 0) is 19.8 Å². The molecule has 0 bridgehead atoms. The van der Waals surface area contributed by atoms with Crippen LogP contribution >= 0.6 is 11.3 Å². The maximum absolute atomic E-state index is 12.1. The third kappa shape index (κ3) is 4.50. The Balaban J connectivity index is 1.83. The molecular formula is C14H20N2O4S. The van der Waals surface area contributed by atoms with E-state index in [4.69, 9.17) is 9.84 Å². The number of aliphatic carboxylic acids is 1. The van der Waals surface area contributed by atoms with Crippen molar-refractivity contribution in [1.82, 2.24) is 10.3 Å². The highest BCUT2D eigenvalue weighted by Crippen LogP contribution is 2.36. The zero-order valence-electron chi connectivity index (χ0n) is 12.1. The SMILES string of the molecule is Cc1nc(C2CCCC2)sc1C(=O)NCCOCC(=O)O. The number of aryl methyl sites for hydroxylation is 1. The van der Waals surface area contributed by atoms with Gasteiger partial charge in [-0.25, -0.2) is 9.78 Å². The lowest BCUT2D eigenvalue weighted by Crippen LogP contribution is -2.27. The van der Waals surface area contributed by atoms with Crippen LogP contribution in [0.15, 0.2) is 0 Å². The van der Waals surface area contributed by atoms with Crippen molar-refractivity contribution in [3.63, 3.8) is 0 Å². The first-order valence-corrected chi connectivity index (χ1v) is 7.94. The van der Waals surface area contributed by atoms with Gasteiger partial charge in [0.25, 0.3) is 5.91 Å². The fraction of sp³-hybridized carbons (Fsp3) is 0.643. The standard InChI is InChI=1S/C14H20N2O4S/c1-9-12(13(19)15-6-7-20-8-11(17)18)21-14(16-9)10-4-2-3-5-10/h10H,2-8H2,1H3,(H,15,19)(H,17,18). The number of amides is 1. The lowest BCUT2D eigenvalue weighted by atomic mass is 10.1. The summed E-state index contributed by atoms with van der Waals surface area (Å²) in [7, 11) is 0. The highest BCUT2D eigenvalue weighted by atomic mass is 32.1. The van der Waals surface area contributed by atoms with E-state index < -0.39 is 5.97 Å². The van der Waals surface area contributed by atoms with Gasteiger partial charge in [-0.2, -0.15) is 0 Å². The topological polar surface area (TPSA) is 88.5 Å². The number of carboxylic acid groups (broad SMARTS) is 1. The maximum Gasteiger partial charge on any atom is 0.329 e. The molecular weight excluding hydrogens is 292 g/mol. The second-order valence-electron chi connectivity index (χ2n) is 5.15. The Labute approximate surface area is 127 Å². The minimum atomic E-state index is -1.01. The van der Waals surface area contributed by atoms with E-state index in [9.17, 15) is 9.59 Å². The Hall–Kier alpha value is -1.47. The van der Waals surface area contributed by atoms with Gasteiger partial charge >= 0.3 is 5.97 Å². The zero-order chi connectivity index (χ0) is 15.2. The second kappa shape index (κ2) is 7.51. The molecule has 6 nitrogen and oxygen atoms in total. The molecule has 116 valence electrons. The summed E-state index contributed by atoms with van der Waals surface area (Å²) >= 11 is 1.48. The summed E-state index contributed by atoms with van der Waals surface area (Å²) in [6, 6.07) is 0. The number of ether oxygens (including phenoxy) is 1. The van der Waals surface area contributed by atoms with Crippen molar-refractivity contribution in [1.29, 1.82) is 0 Å². The first kappa shape index (κ1) is 15.9. The fourth-order valence-electron chi connectivity index (χ4n) is 2.45. The van der Waals surface area contributed by atoms with E-state index in [1.54, 1.807) is 0 Å². The van der Waals surface area contributed by atoms with Crippen LogP contribution in [0.4, 0.5) is 0 Å². The number of hydrogen-bond donors (Lipinski definition) is 2. The van der Waals surface area contributed by atoms with Gasteiger partial charge in [0.15, 0.2) is 0 Å². The fourth-order valence-corrected chi connectivity index (χ4v) is 3.60. The molecule has 1 aliphatic rings. The van der Waals surface area contributed by atoms with Gasteiger partial charge in [-0.15, -0.1) is 11.3 Å². The molecule has 1 saturated carbocycles. The van der Waals surface area contributed by atoms with E-state index in [0.29, 0.717) is 17.3 Å². The molecule has 1 aromatic rings. The van der Waals surface area contributed by atoms with E-state index in [0.717, 1.165) is 23.5 Å². The number of aromatic nitrogens is 1. The van der Waals surface area contributed by atoms with E-state index >= 15 is 0 Å². The van der Waals surface area contributed by atoms with Crippen LogP contribution in [0.1, 0.15) is 52.0 Å². The lowest BCUT2D eigenvalue weighted by molar-refractivity contribution is -0.142. The summed E-state index contributed by atoms with van der Waals surface area (Å²) in [6.45, 7) is 1.99. The first-order chi connectivity index (χ1) is 10.1. The molecule has 0 saturated heterocycles.